The first-order valence-electron chi connectivity index (χ1n) is 5.00. The molecule has 0 nitrogen and oxygen atoms in total. The molecule has 5 atom stereocenters. The largest absolute Gasteiger partial charge is 0.118 e. The summed E-state index contributed by atoms with van der Waals surface area (Å²) in [4.78, 5) is 0. The van der Waals surface area contributed by atoms with E-state index in [0.717, 1.165) is 23.4 Å². The van der Waals surface area contributed by atoms with E-state index in [1.165, 1.54) is 21.4 Å². The molecule has 2 bridgehead atoms. The van der Waals surface area contributed by atoms with Gasteiger partial charge in [-0.2, -0.15) is 0 Å². The number of hydrogen-bond acceptors (Lipinski definition) is 0. The van der Waals surface area contributed by atoms with Crippen LogP contribution in [0.5, 0.6) is 0 Å². The Morgan fingerprint density at radius 2 is 1.91 bits per heavy atom. The summed E-state index contributed by atoms with van der Waals surface area (Å²) in [6.07, 6.45) is 6.16. The molecule has 0 N–H and O–H groups in total. The zero-order valence-electron chi connectivity index (χ0n) is 7.64. The molecular formula is C10H19P. The predicted molar refractivity (Wildman–Crippen MR) is 52.6 cm³/mol. The van der Waals surface area contributed by atoms with Crippen LogP contribution in [-0.4, -0.2) is 11.8 Å². The fraction of sp³-hybridized carbons (Fsp3) is 1.00. The van der Waals surface area contributed by atoms with E-state index in [2.05, 4.69) is 13.8 Å². The standard InChI is InChI=1S/C10H19P/c1-7-3-4-9-5-10(7)11-6-8(9)2/h7-11H,3-6H2,1-2H3. The van der Waals surface area contributed by atoms with Crippen LogP contribution in [0, 0.1) is 17.8 Å². The molecule has 0 amide bonds. The third kappa shape index (κ3) is 1.47. The molecule has 64 valence electrons. The molecular weight excluding hydrogens is 151 g/mol. The van der Waals surface area contributed by atoms with Gasteiger partial charge in [0.15, 0.2) is 0 Å². The first kappa shape index (κ1) is 8.05. The SMILES string of the molecule is CC1CPC2CC1CCC2C. The topological polar surface area (TPSA) is 0 Å². The smallest absolute Gasteiger partial charge is 0.0208 e. The summed E-state index contributed by atoms with van der Waals surface area (Å²) in [6.45, 7) is 4.92. The summed E-state index contributed by atoms with van der Waals surface area (Å²) in [7, 11) is 1.29. The third-order valence-electron chi connectivity index (χ3n) is 3.74. The summed E-state index contributed by atoms with van der Waals surface area (Å²) in [5.74, 6) is 3.21. The van der Waals surface area contributed by atoms with Gasteiger partial charge in [-0.05, 0) is 48.8 Å². The minimum atomic E-state index is 1.05. The molecule has 0 spiro atoms. The Balaban J connectivity index is 2.02. The second-order valence-corrected chi connectivity index (χ2v) is 6.10. The Kier molecular flexibility index (Phi) is 2.23. The van der Waals surface area contributed by atoms with Gasteiger partial charge in [0.05, 0.1) is 0 Å². The Hall–Kier alpha value is 0.430. The van der Waals surface area contributed by atoms with Gasteiger partial charge in [0.2, 0.25) is 0 Å². The summed E-state index contributed by atoms with van der Waals surface area (Å²) >= 11 is 0. The van der Waals surface area contributed by atoms with Crippen LogP contribution in [0.1, 0.15) is 33.1 Å². The first-order valence-corrected chi connectivity index (χ1v) is 6.29. The van der Waals surface area contributed by atoms with Crippen molar-refractivity contribution in [1.29, 1.82) is 0 Å². The average molecular weight is 170 g/mol. The van der Waals surface area contributed by atoms with Crippen molar-refractivity contribution in [2.45, 2.75) is 38.8 Å². The maximum Gasteiger partial charge on any atom is -0.0208 e. The maximum atomic E-state index is 2.46. The second kappa shape index (κ2) is 3.05. The van der Waals surface area contributed by atoms with E-state index in [0.29, 0.717) is 0 Å². The second-order valence-electron chi connectivity index (χ2n) is 4.54. The van der Waals surface area contributed by atoms with Gasteiger partial charge in [-0.25, -0.2) is 0 Å². The Morgan fingerprint density at radius 3 is 2.73 bits per heavy atom. The van der Waals surface area contributed by atoms with Crippen molar-refractivity contribution in [3.05, 3.63) is 0 Å². The van der Waals surface area contributed by atoms with Crippen LogP contribution in [0.4, 0.5) is 0 Å². The van der Waals surface area contributed by atoms with Crippen LogP contribution >= 0.6 is 8.58 Å². The fourth-order valence-electron chi connectivity index (χ4n) is 2.66. The normalized spacial score (nSPS) is 52.9. The highest BCUT2D eigenvalue weighted by Gasteiger charge is 2.34. The van der Waals surface area contributed by atoms with Gasteiger partial charge in [0, 0.05) is 0 Å². The van der Waals surface area contributed by atoms with E-state index in [1.807, 2.05) is 0 Å². The zero-order chi connectivity index (χ0) is 7.84. The Morgan fingerprint density at radius 1 is 1.09 bits per heavy atom. The van der Waals surface area contributed by atoms with Gasteiger partial charge in [-0.15, -0.1) is 8.58 Å². The monoisotopic (exact) mass is 170 g/mol. The van der Waals surface area contributed by atoms with Crippen LogP contribution in [0.15, 0.2) is 0 Å². The Labute approximate surface area is 71.9 Å². The molecule has 0 aromatic heterocycles. The van der Waals surface area contributed by atoms with Crippen molar-refractivity contribution in [2.24, 2.45) is 17.8 Å². The van der Waals surface area contributed by atoms with Crippen LogP contribution in [0.3, 0.4) is 0 Å². The minimum absolute atomic E-state index is 1.05. The average Bonchev–Trinajstić information content (AvgIpc) is 2.02. The summed E-state index contributed by atoms with van der Waals surface area (Å²) < 4.78 is 0. The summed E-state index contributed by atoms with van der Waals surface area (Å²) in [5, 5.41) is 0. The predicted octanol–water partition coefficient (Wildman–Crippen LogP) is 3.12. The highest BCUT2D eigenvalue weighted by atomic mass is 31.1. The van der Waals surface area contributed by atoms with E-state index < -0.39 is 0 Å². The van der Waals surface area contributed by atoms with Gasteiger partial charge in [0.1, 0.15) is 0 Å². The lowest BCUT2D eigenvalue weighted by Gasteiger charge is -2.42. The molecule has 0 aromatic carbocycles. The van der Waals surface area contributed by atoms with Crippen LogP contribution in [-0.2, 0) is 0 Å². The summed E-state index contributed by atoms with van der Waals surface area (Å²) in [6, 6.07) is 0. The lowest BCUT2D eigenvalue weighted by molar-refractivity contribution is 0.229. The molecule has 11 heavy (non-hydrogen) atoms. The van der Waals surface area contributed by atoms with E-state index >= 15 is 0 Å². The van der Waals surface area contributed by atoms with Crippen molar-refractivity contribution in [2.75, 3.05) is 6.16 Å². The highest BCUT2D eigenvalue weighted by Crippen LogP contribution is 2.48. The minimum Gasteiger partial charge on any atom is -0.118 e. The molecule has 2 rings (SSSR count). The Bertz CT molecular complexity index is 128. The third-order valence-corrected chi connectivity index (χ3v) is 5.95. The number of hydrogen-bond donors (Lipinski definition) is 0. The van der Waals surface area contributed by atoms with E-state index in [1.54, 1.807) is 12.6 Å². The van der Waals surface area contributed by atoms with Crippen molar-refractivity contribution in [3.8, 4) is 0 Å². The molecule has 1 saturated heterocycles. The van der Waals surface area contributed by atoms with Gasteiger partial charge in [-0.3, -0.25) is 0 Å². The highest BCUT2D eigenvalue weighted by molar-refractivity contribution is 7.39. The molecule has 1 aliphatic carbocycles. The van der Waals surface area contributed by atoms with Crippen molar-refractivity contribution in [3.63, 3.8) is 0 Å². The van der Waals surface area contributed by atoms with Crippen LogP contribution in [0.2, 0.25) is 0 Å². The van der Waals surface area contributed by atoms with E-state index in [-0.39, 0.29) is 0 Å². The van der Waals surface area contributed by atoms with Crippen LogP contribution in [0.25, 0.3) is 0 Å². The molecule has 1 heteroatoms. The van der Waals surface area contributed by atoms with Crippen molar-refractivity contribution >= 4 is 8.58 Å². The first-order chi connectivity index (χ1) is 5.27. The molecule has 0 aromatic rings. The molecule has 5 unspecified atom stereocenters. The van der Waals surface area contributed by atoms with E-state index in [9.17, 15) is 0 Å². The quantitative estimate of drug-likeness (QED) is 0.490. The zero-order valence-corrected chi connectivity index (χ0v) is 8.64. The lowest BCUT2D eigenvalue weighted by Crippen LogP contribution is -2.33. The summed E-state index contributed by atoms with van der Waals surface area (Å²) in [5.41, 5.74) is 1.13. The van der Waals surface area contributed by atoms with E-state index in [4.69, 9.17) is 0 Å². The van der Waals surface area contributed by atoms with Gasteiger partial charge >= 0.3 is 0 Å². The lowest BCUT2D eigenvalue weighted by atomic mass is 9.77. The molecule has 0 radical (unpaired) electrons. The van der Waals surface area contributed by atoms with Crippen molar-refractivity contribution in [1.82, 2.24) is 0 Å². The van der Waals surface area contributed by atoms with Crippen LogP contribution < -0.4 is 0 Å². The molecule has 1 saturated carbocycles. The van der Waals surface area contributed by atoms with Gasteiger partial charge in [-0.1, -0.05) is 13.8 Å². The number of rotatable bonds is 0. The maximum absolute atomic E-state index is 2.46. The van der Waals surface area contributed by atoms with Crippen molar-refractivity contribution < 1.29 is 0 Å². The number of fused-ring (bicyclic) bond motifs is 2. The van der Waals surface area contributed by atoms with Gasteiger partial charge in [0.25, 0.3) is 0 Å². The van der Waals surface area contributed by atoms with Gasteiger partial charge < -0.3 is 0 Å². The molecule has 2 fully saturated rings. The molecule has 1 aliphatic heterocycles. The molecule has 2 aliphatic rings. The molecule has 1 heterocycles. The fourth-order valence-corrected chi connectivity index (χ4v) is 4.71.